The molecule has 150 valence electrons. The van der Waals surface area contributed by atoms with Crippen molar-refractivity contribution in [2.75, 3.05) is 26.4 Å². The van der Waals surface area contributed by atoms with Crippen molar-refractivity contribution in [3.63, 3.8) is 0 Å². The van der Waals surface area contributed by atoms with Crippen molar-refractivity contribution >= 4 is 0 Å². The van der Waals surface area contributed by atoms with Crippen LogP contribution in [-0.2, 0) is 22.4 Å². The molecule has 0 spiro atoms. The molecule has 1 aliphatic carbocycles. The molecule has 5 rings (SSSR count). The van der Waals surface area contributed by atoms with Gasteiger partial charge in [-0.2, -0.15) is 0 Å². The van der Waals surface area contributed by atoms with Crippen molar-refractivity contribution in [1.82, 2.24) is 4.57 Å². The molecule has 29 heavy (non-hydrogen) atoms. The third-order valence-electron chi connectivity index (χ3n) is 5.79. The number of aromatic nitrogens is 1. The summed E-state index contributed by atoms with van der Waals surface area (Å²) in [5.41, 5.74) is 5.33. The zero-order valence-corrected chi connectivity index (χ0v) is 16.7. The van der Waals surface area contributed by atoms with Gasteiger partial charge in [0.25, 0.3) is 5.56 Å². The molecule has 1 atom stereocenters. The molecule has 2 fully saturated rings. The Morgan fingerprint density at radius 2 is 2.14 bits per heavy atom. The van der Waals surface area contributed by atoms with E-state index in [1.165, 1.54) is 18.4 Å². The summed E-state index contributed by atoms with van der Waals surface area (Å²) in [6.45, 7) is 4.82. The van der Waals surface area contributed by atoms with E-state index >= 15 is 0 Å². The largest absolute Gasteiger partial charge is 0.490 e. The summed E-state index contributed by atoms with van der Waals surface area (Å²) in [6, 6.07) is 7.95. The van der Waals surface area contributed by atoms with Gasteiger partial charge >= 0.3 is 0 Å². The second-order valence-corrected chi connectivity index (χ2v) is 8.02. The summed E-state index contributed by atoms with van der Waals surface area (Å²) in [5, 5.41) is 0. The van der Waals surface area contributed by atoms with Crippen LogP contribution in [0.1, 0.15) is 29.5 Å². The van der Waals surface area contributed by atoms with Crippen LogP contribution in [-0.4, -0.2) is 37.1 Å². The second-order valence-electron chi connectivity index (χ2n) is 8.02. The molecule has 2 aromatic rings. The average molecular weight is 391 g/mol. The number of nitrogens with zero attached hydrogens (tertiary/aromatic N) is 1. The highest BCUT2D eigenvalue weighted by Crippen LogP contribution is 2.35. The number of pyridine rings is 1. The third-order valence-corrected chi connectivity index (χ3v) is 5.79. The fraction of sp³-hybridized carbons (Fsp3) is 0.458. The lowest BCUT2D eigenvalue weighted by Crippen LogP contribution is -2.34. The Bertz CT molecular complexity index is 1050. The first-order chi connectivity index (χ1) is 14.2. The van der Waals surface area contributed by atoms with Crippen LogP contribution in [0.25, 0.3) is 11.3 Å². The zero-order valence-electron chi connectivity index (χ0n) is 16.7. The normalized spacial score (nSPS) is 20.2. The number of hydrogen-bond acceptors (Lipinski definition) is 4. The van der Waals surface area contributed by atoms with E-state index in [0.29, 0.717) is 44.6 Å². The number of hydrogen-bond donors (Lipinski definition) is 0. The maximum atomic E-state index is 12.8. The zero-order chi connectivity index (χ0) is 19.8. The second kappa shape index (κ2) is 7.70. The van der Waals surface area contributed by atoms with E-state index in [1.807, 2.05) is 11.5 Å². The molecule has 3 heterocycles. The van der Waals surface area contributed by atoms with E-state index in [-0.39, 0.29) is 11.7 Å². The van der Waals surface area contributed by atoms with E-state index in [4.69, 9.17) is 14.2 Å². The van der Waals surface area contributed by atoms with Crippen LogP contribution in [0.2, 0.25) is 0 Å². The van der Waals surface area contributed by atoms with Crippen LogP contribution in [0.4, 0.5) is 0 Å². The highest BCUT2D eigenvalue weighted by molar-refractivity contribution is 5.72. The molecule has 5 nitrogen and oxygen atoms in total. The first-order valence-corrected chi connectivity index (χ1v) is 10.4. The maximum Gasteiger partial charge on any atom is 0.254 e. The van der Waals surface area contributed by atoms with Crippen LogP contribution in [0, 0.1) is 24.7 Å². The minimum absolute atomic E-state index is 0.0235. The minimum Gasteiger partial charge on any atom is -0.490 e. The van der Waals surface area contributed by atoms with Gasteiger partial charge in [0.1, 0.15) is 18.5 Å². The fourth-order valence-electron chi connectivity index (χ4n) is 4.02. The van der Waals surface area contributed by atoms with E-state index in [2.05, 4.69) is 30.0 Å². The standard InChI is InChI=1S/C24H25NO4/c1-16-22(29-15-20-14-27-10-11-28-20)13-23(26)25-9-8-19-12-18(5-4-17-2-3-17)6-7-21(19)24(16)25/h6-7,12-13,17,20H,2-3,8-11,14-15H2,1H3/t20-/m0/s1. The van der Waals surface area contributed by atoms with Gasteiger partial charge in [0, 0.05) is 35.2 Å². The summed E-state index contributed by atoms with van der Waals surface area (Å²) in [4.78, 5) is 12.8. The molecule has 1 saturated carbocycles. The predicted octanol–water partition coefficient (Wildman–Crippen LogP) is 2.94. The highest BCUT2D eigenvalue weighted by atomic mass is 16.6. The minimum atomic E-state index is -0.0955. The van der Waals surface area contributed by atoms with E-state index in [0.717, 1.165) is 28.8 Å². The number of fused-ring (bicyclic) bond motifs is 3. The first kappa shape index (κ1) is 18.5. The fourth-order valence-corrected chi connectivity index (χ4v) is 4.02. The molecule has 0 radical (unpaired) electrons. The summed E-state index contributed by atoms with van der Waals surface area (Å²) >= 11 is 0. The topological polar surface area (TPSA) is 49.7 Å². The average Bonchev–Trinajstić information content (AvgIpc) is 3.58. The van der Waals surface area contributed by atoms with Crippen molar-refractivity contribution in [2.24, 2.45) is 5.92 Å². The number of rotatable bonds is 3. The van der Waals surface area contributed by atoms with Crippen molar-refractivity contribution < 1.29 is 14.2 Å². The number of benzene rings is 1. The quantitative estimate of drug-likeness (QED) is 0.755. The molecular weight excluding hydrogens is 366 g/mol. The molecular formula is C24H25NO4. The lowest BCUT2D eigenvalue weighted by atomic mass is 9.93. The van der Waals surface area contributed by atoms with Gasteiger partial charge in [-0.1, -0.05) is 17.9 Å². The molecule has 1 aromatic heterocycles. The Kier molecular flexibility index (Phi) is 4.91. The van der Waals surface area contributed by atoms with Crippen molar-refractivity contribution in [3.05, 3.63) is 51.3 Å². The molecule has 3 aliphatic rings. The Balaban J connectivity index is 1.46. The van der Waals surface area contributed by atoms with Gasteiger partial charge in [0.05, 0.1) is 25.5 Å². The molecule has 0 bridgehead atoms. The Hall–Kier alpha value is -2.55. The number of aryl methyl sites for hydroxylation is 1. The lowest BCUT2D eigenvalue weighted by molar-refractivity contribution is -0.101. The summed E-state index contributed by atoms with van der Waals surface area (Å²) in [6.07, 6.45) is 3.21. The highest BCUT2D eigenvalue weighted by Gasteiger charge is 2.23. The van der Waals surface area contributed by atoms with Gasteiger partial charge in [-0.3, -0.25) is 4.79 Å². The SMILES string of the molecule is Cc1c(OC[C@@H]2COCCO2)cc(=O)n2c1-c1ccc(C#CC3CC3)cc1CC2. The van der Waals surface area contributed by atoms with E-state index in [1.54, 1.807) is 6.07 Å². The summed E-state index contributed by atoms with van der Waals surface area (Å²) in [7, 11) is 0. The van der Waals surface area contributed by atoms with Gasteiger partial charge in [-0.15, -0.1) is 0 Å². The maximum absolute atomic E-state index is 12.8. The third kappa shape index (κ3) is 3.83. The molecule has 0 amide bonds. The molecule has 0 N–H and O–H groups in total. The van der Waals surface area contributed by atoms with Gasteiger partial charge in [-0.05, 0) is 43.9 Å². The van der Waals surface area contributed by atoms with E-state index < -0.39 is 0 Å². The Morgan fingerprint density at radius 1 is 1.24 bits per heavy atom. The predicted molar refractivity (Wildman–Crippen MR) is 110 cm³/mol. The van der Waals surface area contributed by atoms with Crippen LogP contribution in [0.3, 0.4) is 0 Å². The van der Waals surface area contributed by atoms with Crippen molar-refractivity contribution in [3.8, 4) is 28.8 Å². The Labute approximate surface area is 170 Å². The molecule has 0 unspecified atom stereocenters. The van der Waals surface area contributed by atoms with E-state index in [9.17, 15) is 4.79 Å². The van der Waals surface area contributed by atoms with Crippen molar-refractivity contribution in [1.29, 1.82) is 0 Å². The van der Waals surface area contributed by atoms with Crippen LogP contribution >= 0.6 is 0 Å². The summed E-state index contributed by atoms with van der Waals surface area (Å²) < 4.78 is 18.9. The molecule has 5 heteroatoms. The van der Waals surface area contributed by atoms with Gasteiger partial charge in [0.15, 0.2) is 0 Å². The number of ether oxygens (including phenoxy) is 3. The van der Waals surface area contributed by atoms with Gasteiger partial charge in [-0.25, -0.2) is 0 Å². The monoisotopic (exact) mass is 391 g/mol. The summed E-state index contributed by atoms with van der Waals surface area (Å²) in [5.74, 6) is 7.85. The smallest absolute Gasteiger partial charge is 0.254 e. The van der Waals surface area contributed by atoms with Crippen molar-refractivity contribution in [2.45, 2.75) is 38.8 Å². The Morgan fingerprint density at radius 3 is 2.93 bits per heavy atom. The molecule has 1 aromatic carbocycles. The lowest BCUT2D eigenvalue weighted by Gasteiger charge is -2.26. The van der Waals surface area contributed by atoms with Crippen LogP contribution in [0.15, 0.2) is 29.1 Å². The van der Waals surface area contributed by atoms with Gasteiger partial charge in [0.2, 0.25) is 0 Å². The van der Waals surface area contributed by atoms with Gasteiger partial charge < -0.3 is 18.8 Å². The van der Waals surface area contributed by atoms with Crippen LogP contribution < -0.4 is 10.3 Å². The molecule has 2 aliphatic heterocycles. The first-order valence-electron chi connectivity index (χ1n) is 10.4. The molecule has 1 saturated heterocycles. The van der Waals surface area contributed by atoms with Crippen LogP contribution in [0.5, 0.6) is 5.75 Å².